The summed E-state index contributed by atoms with van der Waals surface area (Å²) in [4.78, 5) is 6.90. The van der Waals surface area contributed by atoms with Crippen LogP contribution in [-0.4, -0.2) is 12.0 Å². The summed E-state index contributed by atoms with van der Waals surface area (Å²) in [6.07, 6.45) is 3.52. The van der Waals surface area contributed by atoms with Crippen LogP contribution in [0.2, 0.25) is 0 Å². The van der Waals surface area contributed by atoms with Crippen LogP contribution in [0.1, 0.15) is 23.2 Å². The Labute approximate surface area is 114 Å². The van der Waals surface area contributed by atoms with E-state index in [-0.39, 0.29) is 0 Å². The van der Waals surface area contributed by atoms with Crippen LogP contribution in [0.5, 0.6) is 0 Å². The highest BCUT2D eigenvalue weighted by atomic mass is 15.2. The SMILES string of the molecule is CN(c1cccc(CN)c1)c1ccc2c(n1)CCC2. The number of aryl methyl sites for hydroxylation is 2. The molecule has 0 saturated carbocycles. The van der Waals surface area contributed by atoms with E-state index in [0.717, 1.165) is 23.5 Å². The van der Waals surface area contributed by atoms with Crippen molar-refractivity contribution >= 4 is 11.5 Å². The Kier molecular flexibility index (Phi) is 3.22. The Morgan fingerprint density at radius 2 is 2.11 bits per heavy atom. The molecule has 1 aliphatic rings. The van der Waals surface area contributed by atoms with Crippen LogP contribution < -0.4 is 10.6 Å². The van der Waals surface area contributed by atoms with Crippen molar-refractivity contribution in [1.82, 2.24) is 4.98 Å². The number of rotatable bonds is 3. The lowest BCUT2D eigenvalue weighted by Crippen LogP contribution is -2.12. The van der Waals surface area contributed by atoms with E-state index >= 15 is 0 Å². The lowest BCUT2D eigenvalue weighted by molar-refractivity contribution is 0.898. The van der Waals surface area contributed by atoms with E-state index in [4.69, 9.17) is 10.7 Å². The molecule has 0 radical (unpaired) electrons. The number of anilines is 2. The second kappa shape index (κ2) is 5.02. The predicted molar refractivity (Wildman–Crippen MR) is 78.7 cm³/mol. The Balaban J connectivity index is 1.92. The maximum Gasteiger partial charge on any atom is 0.132 e. The van der Waals surface area contributed by atoms with Crippen LogP contribution in [-0.2, 0) is 19.4 Å². The second-order valence-electron chi connectivity index (χ2n) is 5.06. The maximum absolute atomic E-state index is 5.70. The van der Waals surface area contributed by atoms with E-state index in [1.54, 1.807) is 0 Å². The minimum Gasteiger partial charge on any atom is -0.329 e. The Bertz CT molecular complexity index is 592. The molecule has 1 aromatic heterocycles. The third-order valence-corrected chi connectivity index (χ3v) is 3.79. The molecule has 0 aliphatic heterocycles. The fraction of sp³-hybridized carbons (Fsp3) is 0.312. The minimum absolute atomic E-state index is 0.569. The third-order valence-electron chi connectivity index (χ3n) is 3.79. The van der Waals surface area contributed by atoms with Crippen LogP contribution in [0.25, 0.3) is 0 Å². The van der Waals surface area contributed by atoms with Gasteiger partial charge in [0.2, 0.25) is 0 Å². The fourth-order valence-electron chi connectivity index (χ4n) is 2.62. The first-order chi connectivity index (χ1) is 9.28. The molecule has 0 bridgehead atoms. The van der Waals surface area contributed by atoms with E-state index in [9.17, 15) is 0 Å². The molecule has 1 aromatic carbocycles. The number of nitrogens with two attached hydrogens (primary N) is 1. The minimum atomic E-state index is 0.569. The molecule has 0 fully saturated rings. The van der Waals surface area contributed by atoms with Gasteiger partial charge in [-0.05, 0) is 48.6 Å². The number of hydrogen-bond donors (Lipinski definition) is 1. The molecule has 0 atom stereocenters. The Morgan fingerprint density at radius 1 is 1.21 bits per heavy atom. The molecular formula is C16H19N3. The van der Waals surface area contributed by atoms with Gasteiger partial charge in [-0.25, -0.2) is 4.98 Å². The van der Waals surface area contributed by atoms with Crippen LogP contribution in [0, 0.1) is 0 Å². The molecule has 3 nitrogen and oxygen atoms in total. The molecule has 0 spiro atoms. The number of fused-ring (bicyclic) bond motifs is 1. The van der Waals surface area contributed by atoms with Gasteiger partial charge >= 0.3 is 0 Å². The third kappa shape index (κ3) is 2.34. The van der Waals surface area contributed by atoms with E-state index in [2.05, 4.69) is 36.2 Å². The first kappa shape index (κ1) is 12.2. The molecule has 3 rings (SSSR count). The van der Waals surface area contributed by atoms with Crippen molar-refractivity contribution in [1.29, 1.82) is 0 Å². The van der Waals surface area contributed by atoms with Crippen LogP contribution in [0.4, 0.5) is 11.5 Å². The van der Waals surface area contributed by atoms with Crippen molar-refractivity contribution in [2.45, 2.75) is 25.8 Å². The first-order valence-corrected chi connectivity index (χ1v) is 6.79. The molecule has 0 saturated heterocycles. The van der Waals surface area contributed by atoms with Gasteiger partial charge in [0, 0.05) is 25.0 Å². The van der Waals surface area contributed by atoms with Crippen LogP contribution in [0.15, 0.2) is 36.4 Å². The summed E-state index contributed by atoms with van der Waals surface area (Å²) in [5.74, 6) is 1.01. The maximum atomic E-state index is 5.70. The van der Waals surface area contributed by atoms with Gasteiger partial charge < -0.3 is 10.6 Å². The lowest BCUT2D eigenvalue weighted by Gasteiger charge is -2.19. The summed E-state index contributed by atoms with van der Waals surface area (Å²) in [7, 11) is 2.05. The number of nitrogens with zero attached hydrogens (tertiary/aromatic N) is 2. The van der Waals surface area contributed by atoms with Gasteiger partial charge in [-0.3, -0.25) is 0 Å². The molecule has 3 heteroatoms. The second-order valence-corrected chi connectivity index (χ2v) is 5.06. The Morgan fingerprint density at radius 3 is 2.95 bits per heavy atom. The molecule has 19 heavy (non-hydrogen) atoms. The summed E-state index contributed by atoms with van der Waals surface area (Å²) in [5, 5.41) is 0. The highest BCUT2D eigenvalue weighted by molar-refractivity contribution is 5.60. The smallest absolute Gasteiger partial charge is 0.132 e. The number of pyridine rings is 1. The summed E-state index contributed by atoms with van der Waals surface area (Å²) in [6.45, 7) is 0.569. The zero-order valence-electron chi connectivity index (χ0n) is 11.3. The average Bonchev–Trinajstić information content (AvgIpc) is 2.94. The monoisotopic (exact) mass is 253 g/mol. The van der Waals surface area contributed by atoms with Gasteiger partial charge in [0.05, 0.1) is 0 Å². The standard InChI is InChI=1S/C16H19N3/c1-19(14-6-2-4-12(10-14)11-17)16-9-8-13-5-3-7-15(13)18-16/h2,4,6,8-10H,3,5,7,11,17H2,1H3. The average molecular weight is 253 g/mol. The van der Waals surface area contributed by atoms with Crippen LogP contribution >= 0.6 is 0 Å². The van der Waals surface area contributed by atoms with Gasteiger partial charge in [-0.2, -0.15) is 0 Å². The van der Waals surface area contributed by atoms with Gasteiger partial charge in [-0.15, -0.1) is 0 Å². The molecule has 0 unspecified atom stereocenters. The van der Waals surface area contributed by atoms with Crippen molar-refractivity contribution in [3.05, 3.63) is 53.2 Å². The van der Waals surface area contributed by atoms with Crippen molar-refractivity contribution in [2.75, 3.05) is 11.9 Å². The number of benzene rings is 1. The summed E-state index contributed by atoms with van der Waals surface area (Å²) < 4.78 is 0. The highest BCUT2D eigenvalue weighted by Crippen LogP contribution is 2.27. The predicted octanol–water partition coefficient (Wildman–Crippen LogP) is 2.80. The van der Waals surface area contributed by atoms with Gasteiger partial charge in [0.1, 0.15) is 5.82 Å². The molecule has 1 heterocycles. The highest BCUT2D eigenvalue weighted by Gasteiger charge is 2.14. The first-order valence-electron chi connectivity index (χ1n) is 6.79. The topological polar surface area (TPSA) is 42.1 Å². The van der Waals surface area contributed by atoms with E-state index in [1.807, 2.05) is 12.1 Å². The van der Waals surface area contributed by atoms with Gasteiger partial charge in [0.15, 0.2) is 0 Å². The van der Waals surface area contributed by atoms with E-state index in [0.29, 0.717) is 6.54 Å². The number of hydrogen-bond acceptors (Lipinski definition) is 3. The van der Waals surface area contributed by atoms with E-state index < -0.39 is 0 Å². The molecular weight excluding hydrogens is 234 g/mol. The lowest BCUT2D eigenvalue weighted by atomic mass is 10.2. The fourth-order valence-corrected chi connectivity index (χ4v) is 2.62. The summed E-state index contributed by atoms with van der Waals surface area (Å²) in [5.41, 5.74) is 10.6. The zero-order valence-corrected chi connectivity index (χ0v) is 11.3. The van der Waals surface area contributed by atoms with Crippen molar-refractivity contribution in [3.63, 3.8) is 0 Å². The van der Waals surface area contributed by atoms with Gasteiger partial charge in [-0.1, -0.05) is 18.2 Å². The largest absolute Gasteiger partial charge is 0.329 e. The van der Waals surface area contributed by atoms with Crippen LogP contribution in [0.3, 0.4) is 0 Å². The number of aromatic nitrogens is 1. The molecule has 1 aliphatic carbocycles. The van der Waals surface area contributed by atoms with E-state index in [1.165, 1.54) is 24.1 Å². The summed E-state index contributed by atoms with van der Waals surface area (Å²) in [6, 6.07) is 12.6. The summed E-state index contributed by atoms with van der Waals surface area (Å²) >= 11 is 0. The molecule has 2 aromatic rings. The zero-order chi connectivity index (χ0) is 13.2. The normalized spacial score (nSPS) is 13.4. The molecule has 98 valence electrons. The molecule has 2 N–H and O–H groups in total. The van der Waals surface area contributed by atoms with Gasteiger partial charge in [0.25, 0.3) is 0 Å². The molecule has 0 amide bonds. The van der Waals surface area contributed by atoms with Crippen molar-refractivity contribution in [3.8, 4) is 0 Å². The van der Waals surface area contributed by atoms with Crippen molar-refractivity contribution in [2.24, 2.45) is 5.73 Å². The quantitative estimate of drug-likeness (QED) is 0.914. The van der Waals surface area contributed by atoms with Crippen molar-refractivity contribution < 1.29 is 0 Å². The Hall–Kier alpha value is -1.87.